The van der Waals surface area contributed by atoms with Crippen LogP contribution in [0.2, 0.25) is 0 Å². The summed E-state index contributed by atoms with van der Waals surface area (Å²) in [6.07, 6.45) is 1.52. The van der Waals surface area contributed by atoms with Crippen LogP contribution in [0.25, 0.3) is 0 Å². The number of carbonyl (C=O) groups is 1. The number of nitrogens with zero attached hydrogens (tertiary/aromatic N) is 1. The molecule has 1 rings (SSSR count). The van der Waals surface area contributed by atoms with Crippen molar-refractivity contribution in [1.29, 1.82) is 0 Å². The number of aliphatic hydroxyl groups excluding tert-OH is 1. The molecule has 94 valence electrons. The lowest BCUT2D eigenvalue weighted by Gasteiger charge is -2.32. The number of rotatable bonds is 4. The van der Waals surface area contributed by atoms with Crippen molar-refractivity contribution < 1.29 is 9.90 Å². The average molecular weight is 229 g/mol. The van der Waals surface area contributed by atoms with Crippen LogP contribution in [0, 0.1) is 5.92 Å². The Labute approximate surface area is 97.0 Å². The maximum Gasteiger partial charge on any atom is 0.314 e. The average Bonchev–Trinajstić information content (AvgIpc) is 2.26. The summed E-state index contributed by atoms with van der Waals surface area (Å²) in [7, 11) is 0. The Balaban J connectivity index is 2.20. The highest BCUT2D eigenvalue weighted by atomic mass is 16.3. The SMILES string of the molecule is CC(C)C(O)CNC1CCN(C(N)=O)CC1. The third-order valence-electron chi connectivity index (χ3n) is 3.19. The molecule has 1 atom stereocenters. The zero-order valence-electron chi connectivity index (χ0n) is 10.1. The summed E-state index contributed by atoms with van der Waals surface area (Å²) >= 11 is 0. The Morgan fingerprint density at radius 3 is 2.50 bits per heavy atom. The highest BCUT2D eigenvalue weighted by Crippen LogP contribution is 2.10. The Morgan fingerprint density at radius 2 is 2.06 bits per heavy atom. The molecule has 0 aliphatic carbocycles. The summed E-state index contributed by atoms with van der Waals surface area (Å²) in [5.41, 5.74) is 5.20. The van der Waals surface area contributed by atoms with E-state index in [9.17, 15) is 9.90 Å². The fraction of sp³-hybridized carbons (Fsp3) is 0.909. The summed E-state index contributed by atoms with van der Waals surface area (Å²) in [6, 6.07) is 0.0599. The second-order valence-corrected chi connectivity index (χ2v) is 4.82. The molecule has 2 amide bonds. The van der Waals surface area contributed by atoms with E-state index in [1.165, 1.54) is 0 Å². The normalized spacial score (nSPS) is 20.1. The minimum Gasteiger partial charge on any atom is -0.392 e. The first kappa shape index (κ1) is 13.3. The first-order valence-electron chi connectivity index (χ1n) is 5.96. The number of nitrogens with two attached hydrogens (primary N) is 1. The van der Waals surface area contributed by atoms with Gasteiger partial charge in [-0.1, -0.05) is 13.8 Å². The monoisotopic (exact) mass is 229 g/mol. The van der Waals surface area contributed by atoms with Gasteiger partial charge in [-0.25, -0.2) is 4.79 Å². The van der Waals surface area contributed by atoms with Crippen LogP contribution in [0.3, 0.4) is 0 Å². The van der Waals surface area contributed by atoms with Gasteiger partial charge in [0.1, 0.15) is 0 Å². The predicted octanol–water partition coefficient (Wildman–Crippen LogP) is 0.136. The molecule has 1 aliphatic rings. The first-order valence-corrected chi connectivity index (χ1v) is 5.96. The minimum atomic E-state index is -0.333. The number of amides is 2. The molecule has 16 heavy (non-hydrogen) atoms. The highest BCUT2D eigenvalue weighted by molar-refractivity contribution is 5.72. The van der Waals surface area contributed by atoms with Crippen molar-refractivity contribution in [2.24, 2.45) is 11.7 Å². The zero-order valence-corrected chi connectivity index (χ0v) is 10.1. The van der Waals surface area contributed by atoms with E-state index in [0.717, 1.165) is 12.8 Å². The van der Waals surface area contributed by atoms with Crippen LogP contribution >= 0.6 is 0 Å². The lowest BCUT2D eigenvalue weighted by atomic mass is 10.0. The van der Waals surface area contributed by atoms with Gasteiger partial charge in [-0.2, -0.15) is 0 Å². The van der Waals surface area contributed by atoms with Gasteiger partial charge < -0.3 is 21.1 Å². The summed E-state index contributed by atoms with van der Waals surface area (Å²) < 4.78 is 0. The molecule has 0 bridgehead atoms. The molecule has 5 nitrogen and oxygen atoms in total. The maximum atomic E-state index is 10.9. The third kappa shape index (κ3) is 3.98. The van der Waals surface area contributed by atoms with E-state index in [4.69, 9.17) is 5.73 Å². The number of piperidine rings is 1. The number of carbonyl (C=O) groups excluding carboxylic acids is 1. The largest absolute Gasteiger partial charge is 0.392 e. The Kier molecular flexibility index (Phi) is 5.02. The second-order valence-electron chi connectivity index (χ2n) is 4.82. The predicted molar refractivity (Wildman–Crippen MR) is 63.0 cm³/mol. The van der Waals surface area contributed by atoms with Crippen LogP contribution in [-0.2, 0) is 0 Å². The fourth-order valence-corrected chi connectivity index (χ4v) is 1.83. The smallest absolute Gasteiger partial charge is 0.314 e. The number of primary amides is 1. The van der Waals surface area contributed by atoms with Crippen LogP contribution in [-0.4, -0.2) is 47.8 Å². The van der Waals surface area contributed by atoms with Gasteiger partial charge in [0.05, 0.1) is 6.10 Å². The van der Waals surface area contributed by atoms with E-state index >= 15 is 0 Å². The summed E-state index contributed by atoms with van der Waals surface area (Å²) in [4.78, 5) is 12.6. The molecule has 1 heterocycles. The molecule has 1 fully saturated rings. The molecule has 0 saturated carbocycles. The first-order chi connectivity index (χ1) is 7.50. The molecular weight excluding hydrogens is 206 g/mol. The molecule has 0 spiro atoms. The molecule has 1 unspecified atom stereocenters. The van der Waals surface area contributed by atoms with Gasteiger partial charge in [0, 0.05) is 25.7 Å². The van der Waals surface area contributed by atoms with Crippen LogP contribution in [0.1, 0.15) is 26.7 Å². The van der Waals surface area contributed by atoms with Crippen molar-refractivity contribution in [2.45, 2.75) is 38.8 Å². The van der Waals surface area contributed by atoms with Crippen molar-refractivity contribution in [3.05, 3.63) is 0 Å². The van der Waals surface area contributed by atoms with Gasteiger partial charge in [-0.15, -0.1) is 0 Å². The van der Waals surface area contributed by atoms with Crippen molar-refractivity contribution in [1.82, 2.24) is 10.2 Å². The topological polar surface area (TPSA) is 78.6 Å². The van der Waals surface area contributed by atoms with Crippen molar-refractivity contribution in [2.75, 3.05) is 19.6 Å². The van der Waals surface area contributed by atoms with Crippen LogP contribution < -0.4 is 11.1 Å². The molecule has 0 aromatic carbocycles. The van der Waals surface area contributed by atoms with Crippen molar-refractivity contribution in [3.63, 3.8) is 0 Å². The Morgan fingerprint density at radius 1 is 1.50 bits per heavy atom. The second kappa shape index (κ2) is 6.06. The molecule has 4 N–H and O–H groups in total. The standard InChI is InChI=1S/C11H23N3O2/c1-8(2)10(15)7-13-9-3-5-14(6-4-9)11(12)16/h8-10,13,15H,3-7H2,1-2H3,(H2,12,16). The van der Waals surface area contributed by atoms with E-state index in [1.807, 2.05) is 13.8 Å². The molecule has 5 heteroatoms. The number of aliphatic hydroxyl groups is 1. The minimum absolute atomic E-state index is 0.276. The van der Waals surface area contributed by atoms with E-state index in [-0.39, 0.29) is 18.1 Å². The number of likely N-dealkylation sites (tertiary alicyclic amines) is 1. The molecule has 0 aromatic heterocycles. The molecule has 1 saturated heterocycles. The molecule has 1 aliphatic heterocycles. The van der Waals surface area contributed by atoms with E-state index in [2.05, 4.69) is 5.32 Å². The van der Waals surface area contributed by atoms with Gasteiger partial charge in [0.2, 0.25) is 0 Å². The highest BCUT2D eigenvalue weighted by Gasteiger charge is 2.21. The lowest BCUT2D eigenvalue weighted by Crippen LogP contribution is -2.48. The van der Waals surface area contributed by atoms with E-state index in [0.29, 0.717) is 25.7 Å². The van der Waals surface area contributed by atoms with Gasteiger partial charge in [-0.05, 0) is 18.8 Å². The summed E-state index contributed by atoms with van der Waals surface area (Å²) in [5, 5.41) is 13.0. The summed E-state index contributed by atoms with van der Waals surface area (Å²) in [5.74, 6) is 0.276. The van der Waals surface area contributed by atoms with E-state index in [1.54, 1.807) is 4.90 Å². The van der Waals surface area contributed by atoms with Crippen LogP contribution in [0.4, 0.5) is 4.79 Å². The van der Waals surface area contributed by atoms with E-state index < -0.39 is 0 Å². The fourth-order valence-electron chi connectivity index (χ4n) is 1.83. The van der Waals surface area contributed by atoms with Crippen molar-refractivity contribution in [3.8, 4) is 0 Å². The van der Waals surface area contributed by atoms with Crippen LogP contribution in [0.5, 0.6) is 0 Å². The molecule has 0 radical (unpaired) electrons. The number of nitrogens with one attached hydrogen (secondary N) is 1. The lowest BCUT2D eigenvalue weighted by molar-refractivity contribution is 0.114. The zero-order chi connectivity index (χ0) is 12.1. The Hall–Kier alpha value is -0.810. The van der Waals surface area contributed by atoms with Gasteiger partial charge in [0.15, 0.2) is 0 Å². The number of hydrogen-bond acceptors (Lipinski definition) is 3. The van der Waals surface area contributed by atoms with Crippen molar-refractivity contribution >= 4 is 6.03 Å². The van der Waals surface area contributed by atoms with Gasteiger partial charge in [-0.3, -0.25) is 0 Å². The molecular formula is C11H23N3O2. The quantitative estimate of drug-likeness (QED) is 0.641. The van der Waals surface area contributed by atoms with Crippen LogP contribution in [0.15, 0.2) is 0 Å². The number of urea groups is 1. The molecule has 0 aromatic rings. The van der Waals surface area contributed by atoms with Gasteiger partial charge in [0.25, 0.3) is 0 Å². The summed E-state index contributed by atoms with van der Waals surface area (Å²) in [6.45, 7) is 6.05. The van der Waals surface area contributed by atoms with Gasteiger partial charge >= 0.3 is 6.03 Å². The Bertz CT molecular complexity index is 225. The maximum absolute atomic E-state index is 10.9. The third-order valence-corrected chi connectivity index (χ3v) is 3.19. The number of hydrogen-bond donors (Lipinski definition) is 3.